The zero-order valence-electron chi connectivity index (χ0n) is 4.69. The molecule has 0 spiro atoms. The molecule has 0 bridgehead atoms. The topological polar surface area (TPSA) is 20.2 Å². The highest BCUT2D eigenvalue weighted by Crippen LogP contribution is 2.15. The van der Waals surface area contributed by atoms with Gasteiger partial charge in [0.15, 0.2) is 11.6 Å². The molecule has 1 aromatic carbocycles. The minimum atomic E-state index is -0.830. The molecule has 1 nitrogen and oxygen atoms in total. The molecule has 1 aromatic rings. The SMILES string of the molecule is OSc1c#cc(F)cc1F. The Morgan fingerprint density at radius 1 is 1.40 bits per heavy atom. The van der Waals surface area contributed by atoms with Crippen LogP contribution in [0.5, 0.6) is 0 Å². The van der Waals surface area contributed by atoms with Gasteiger partial charge in [0, 0.05) is 18.1 Å². The molecule has 0 unspecified atom stereocenters. The maximum Gasteiger partial charge on any atom is 0.176 e. The van der Waals surface area contributed by atoms with Crippen molar-refractivity contribution in [2.45, 2.75) is 4.90 Å². The molecular weight excluding hydrogens is 158 g/mol. The number of hydrogen-bond acceptors (Lipinski definition) is 2. The Labute approximate surface area is 60.9 Å². The van der Waals surface area contributed by atoms with E-state index >= 15 is 0 Å². The second kappa shape index (κ2) is 2.86. The van der Waals surface area contributed by atoms with Crippen LogP contribution in [0.1, 0.15) is 0 Å². The molecule has 10 heavy (non-hydrogen) atoms. The lowest BCUT2D eigenvalue weighted by molar-refractivity contribution is 0.562. The summed E-state index contributed by atoms with van der Waals surface area (Å²) in [7, 11) is 0. The first-order valence-electron chi connectivity index (χ1n) is 2.34. The van der Waals surface area contributed by atoms with Gasteiger partial charge >= 0.3 is 0 Å². The van der Waals surface area contributed by atoms with Crippen molar-refractivity contribution in [1.82, 2.24) is 0 Å². The van der Waals surface area contributed by atoms with E-state index in [9.17, 15) is 8.78 Å². The molecular formula is C6H2F2OS. The maximum atomic E-state index is 12.4. The second-order valence-electron chi connectivity index (χ2n) is 1.51. The van der Waals surface area contributed by atoms with Crippen LogP contribution in [0.25, 0.3) is 0 Å². The highest BCUT2D eigenvalue weighted by molar-refractivity contribution is 7.93. The van der Waals surface area contributed by atoms with Crippen molar-refractivity contribution in [2.75, 3.05) is 0 Å². The fraction of sp³-hybridized carbons (Fsp3) is 0. The fourth-order valence-electron chi connectivity index (χ4n) is 0.455. The Kier molecular flexibility index (Phi) is 2.10. The first-order valence-corrected chi connectivity index (χ1v) is 3.12. The van der Waals surface area contributed by atoms with Crippen LogP contribution >= 0.6 is 12.0 Å². The normalized spacial score (nSPS) is 9.10. The van der Waals surface area contributed by atoms with Crippen LogP contribution in [0, 0.1) is 23.8 Å². The van der Waals surface area contributed by atoms with Gasteiger partial charge in [0.25, 0.3) is 0 Å². The lowest BCUT2D eigenvalue weighted by Crippen LogP contribution is -1.79. The summed E-state index contributed by atoms with van der Waals surface area (Å²) in [6, 6.07) is 4.71. The van der Waals surface area contributed by atoms with Crippen molar-refractivity contribution in [1.29, 1.82) is 0 Å². The Balaban J connectivity index is 3.07. The quantitative estimate of drug-likeness (QED) is 0.635. The summed E-state index contributed by atoms with van der Waals surface area (Å²) >= 11 is 0.176. The van der Waals surface area contributed by atoms with Gasteiger partial charge in [-0.2, -0.15) is 4.39 Å². The summed E-state index contributed by atoms with van der Waals surface area (Å²) in [5.41, 5.74) is 0. The van der Waals surface area contributed by atoms with Crippen molar-refractivity contribution >= 4 is 12.0 Å². The van der Waals surface area contributed by atoms with Gasteiger partial charge < -0.3 is 4.55 Å². The largest absolute Gasteiger partial charge is 0.325 e. The van der Waals surface area contributed by atoms with Gasteiger partial charge in [-0.25, -0.2) is 4.39 Å². The lowest BCUT2D eigenvalue weighted by atomic mass is 10.4. The van der Waals surface area contributed by atoms with Gasteiger partial charge in [-0.1, -0.05) is 0 Å². The third-order valence-electron chi connectivity index (χ3n) is 0.857. The van der Waals surface area contributed by atoms with Crippen LogP contribution in [0.2, 0.25) is 0 Å². The van der Waals surface area contributed by atoms with Gasteiger partial charge in [-0.05, 0) is 12.1 Å². The minimum Gasteiger partial charge on any atom is -0.325 e. The van der Waals surface area contributed by atoms with Crippen molar-refractivity contribution in [3.8, 4) is 0 Å². The fourth-order valence-corrected chi connectivity index (χ4v) is 0.698. The van der Waals surface area contributed by atoms with E-state index in [1.807, 2.05) is 6.07 Å². The summed E-state index contributed by atoms with van der Waals surface area (Å²) in [5, 5.41) is 0. The molecule has 0 aliphatic rings. The number of halogens is 2. The van der Waals surface area contributed by atoms with Crippen molar-refractivity contribution in [3.63, 3.8) is 0 Å². The molecule has 1 N–H and O–H groups in total. The van der Waals surface area contributed by atoms with Gasteiger partial charge in [-0.3, -0.25) is 0 Å². The molecule has 0 aliphatic heterocycles. The van der Waals surface area contributed by atoms with E-state index in [4.69, 9.17) is 4.55 Å². The van der Waals surface area contributed by atoms with Crippen LogP contribution < -0.4 is 0 Å². The standard InChI is InChI=1S/C6H2F2OS/c7-4-1-2-6(10-9)5(8)3-4/h3,9H. The van der Waals surface area contributed by atoms with Crippen LogP contribution in [0.15, 0.2) is 11.0 Å². The van der Waals surface area contributed by atoms with Gasteiger partial charge in [0.2, 0.25) is 0 Å². The minimum absolute atomic E-state index is 0.151. The average Bonchev–Trinajstić information content (AvgIpc) is 1.88. The van der Waals surface area contributed by atoms with E-state index in [-0.39, 0.29) is 16.9 Å². The Morgan fingerprint density at radius 2 is 2.10 bits per heavy atom. The number of rotatable bonds is 1. The van der Waals surface area contributed by atoms with Gasteiger partial charge in [0.05, 0.1) is 0 Å². The van der Waals surface area contributed by atoms with E-state index < -0.39 is 11.6 Å². The zero-order valence-corrected chi connectivity index (χ0v) is 5.51. The molecule has 0 aromatic heterocycles. The van der Waals surface area contributed by atoms with E-state index in [0.717, 1.165) is 0 Å². The number of hydrogen-bond donors (Lipinski definition) is 1. The van der Waals surface area contributed by atoms with E-state index in [0.29, 0.717) is 6.07 Å². The van der Waals surface area contributed by atoms with Gasteiger partial charge in [-0.15, -0.1) is 0 Å². The molecule has 0 heterocycles. The summed E-state index contributed by atoms with van der Waals surface area (Å²) in [6.07, 6.45) is 0. The zero-order chi connectivity index (χ0) is 7.56. The highest BCUT2D eigenvalue weighted by atomic mass is 32.2. The van der Waals surface area contributed by atoms with Crippen LogP contribution in [-0.4, -0.2) is 4.55 Å². The smallest absolute Gasteiger partial charge is 0.176 e. The summed E-state index contributed by atoms with van der Waals surface area (Å²) in [6.45, 7) is 0. The van der Waals surface area contributed by atoms with E-state index in [1.54, 1.807) is 0 Å². The highest BCUT2D eigenvalue weighted by Gasteiger charge is 2.00. The lowest BCUT2D eigenvalue weighted by Gasteiger charge is -1.89. The third kappa shape index (κ3) is 1.38. The monoisotopic (exact) mass is 160 g/mol. The van der Waals surface area contributed by atoms with Crippen molar-refractivity contribution in [3.05, 3.63) is 29.8 Å². The van der Waals surface area contributed by atoms with Crippen LogP contribution in [-0.2, 0) is 0 Å². The molecule has 0 saturated heterocycles. The average molecular weight is 160 g/mol. The molecule has 0 amide bonds. The predicted octanol–water partition coefficient (Wildman–Crippen LogP) is 2.13. The summed E-state index contributed by atoms with van der Waals surface area (Å²) in [4.78, 5) is -0.151. The summed E-state index contributed by atoms with van der Waals surface area (Å²) < 4.78 is 32.8. The molecule has 0 saturated carbocycles. The predicted molar refractivity (Wildman–Crippen MR) is 32.5 cm³/mol. The van der Waals surface area contributed by atoms with Crippen molar-refractivity contribution in [2.24, 2.45) is 0 Å². The van der Waals surface area contributed by atoms with E-state index in [2.05, 4.69) is 6.07 Å². The van der Waals surface area contributed by atoms with Gasteiger partial charge in [0.1, 0.15) is 4.90 Å². The molecule has 0 fully saturated rings. The van der Waals surface area contributed by atoms with Crippen LogP contribution in [0.3, 0.4) is 0 Å². The first kappa shape index (κ1) is 7.32. The molecule has 0 atom stereocenters. The molecule has 4 heteroatoms. The van der Waals surface area contributed by atoms with E-state index in [1.165, 1.54) is 0 Å². The summed E-state index contributed by atoms with van der Waals surface area (Å²) in [5.74, 6) is -1.65. The Bertz CT molecular complexity index is 239. The Hall–Kier alpha value is -0.790. The first-order chi connectivity index (χ1) is 4.74. The third-order valence-corrected chi connectivity index (χ3v) is 1.34. The van der Waals surface area contributed by atoms with Crippen molar-refractivity contribution < 1.29 is 13.3 Å². The second-order valence-corrected chi connectivity index (χ2v) is 2.10. The molecule has 0 aliphatic carbocycles. The Morgan fingerprint density at radius 3 is 2.60 bits per heavy atom. The molecule has 52 valence electrons. The van der Waals surface area contributed by atoms with Crippen LogP contribution in [0.4, 0.5) is 8.78 Å². The molecule has 0 radical (unpaired) electrons. The molecule has 1 rings (SSSR count). The maximum absolute atomic E-state index is 12.4.